The SMILES string of the molecule is COCOc1ccc(C2(SC)COc3cc(OCOC)ccc3C2=O)cc1. The summed E-state index contributed by atoms with van der Waals surface area (Å²) in [6.45, 7) is 0.556. The molecular formula is C20H22O6S. The molecule has 1 aliphatic heterocycles. The summed E-state index contributed by atoms with van der Waals surface area (Å²) in [4.78, 5) is 13.3. The second-order valence-corrected chi connectivity index (χ2v) is 7.04. The molecule has 0 aromatic heterocycles. The minimum atomic E-state index is -0.804. The van der Waals surface area contributed by atoms with E-state index in [4.69, 9.17) is 23.7 Å². The second kappa shape index (κ2) is 8.65. The Morgan fingerprint density at radius 3 is 2.26 bits per heavy atom. The third-order valence-electron chi connectivity index (χ3n) is 4.35. The lowest BCUT2D eigenvalue weighted by Gasteiger charge is -2.35. The van der Waals surface area contributed by atoms with Gasteiger partial charge in [-0.3, -0.25) is 4.79 Å². The van der Waals surface area contributed by atoms with E-state index in [2.05, 4.69) is 0 Å². The molecule has 6 nitrogen and oxygen atoms in total. The summed E-state index contributed by atoms with van der Waals surface area (Å²) in [5, 5.41) is 0. The molecule has 144 valence electrons. The van der Waals surface area contributed by atoms with Crippen LogP contribution in [0.5, 0.6) is 17.2 Å². The molecule has 0 amide bonds. The molecule has 1 aliphatic rings. The van der Waals surface area contributed by atoms with E-state index >= 15 is 0 Å². The first kappa shape index (κ1) is 19.5. The van der Waals surface area contributed by atoms with Gasteiger partial charge in [0.25, 0.3) is 0 Å². The van der Waals surface area contributed by atoms with Crippen LogP contribution in [0.25, 0.3) is 0 Å². The average Bonchev–Trinajstić information content (AvgIpc) is 2.72. The normalized spacial score (nSPS) is 18.6. The zero-order valence-electron chi connectivity index (χ0n) is 15.5. The Bertz CT molecular complexity index is 792. The maximum atomic E-state index is 13.3. The van der Waals surface area contributed by atoms with Crippen LogP contribution in [0.4, 0.5) is 0 Å². The summed E-state index contributed by atoms with van der Waals surface area (Å²) in [7, 11) is 3.12. The van der Waals surface area contributed by atoms with E-state index < -0.39 is 4.75 Å². The summed E-state index contributed by atoms with van der Waals surface area (Å²) >= 11 is 1.47. The summed E-state index contributed by atoms with van der Waals surface area (Å²) in [6.07, 6.45) is 1.91. The van der Waals surface area contributed by atoms with Gasteiger partial charge in [0.05, 0.1) is 5.56 Å². The molecule has 0 bridgehead atoms. The Morgan fingerprint density at radius 1 is 1.00 bits per heavy atom. The van der Waals surface area contributed by atoms with Crippen LogP contribution in [-0.4, -0.2) is 46.5 Å². The largest absolute Gasteiger partial charge is 0.490 e. The van der Waals surface area contributed by atoms with Gasteiger partial charge in [-0.05, 0) is 36.1 Å². The van der Waals surface area contributed by atoms with Crippen LogP contribution in [0.15, 0.2) is 42.5 Å². The van der Waals surface area contributed by atoms with Crippen molar-refractivity contribution in [2.75, 3.05) is 40.7 Å². The first-order valence-electron chi connectivity index (χ1n) is 8.35. The number of ether oxygens (including phenoxy) is 5. The molecule has 0 fully saturated rings. The van der Waals surface area contributed by atoms with Gasteiger partial charge in [-0.15, -0.1) is 11.8 Å². The molecule has 1 heterocycles. The van der Waals surface area contributed by atoms with Crippen molar-refractivity contribution in [3.8, 4) is 17.2 Å². The minimum Gasteiger partial charge on any atom is -0.490 e. The zero-order chi connectivity index (χ0) is 19.3. The molecule has 0 saturated carbocycles. The van der Waals surface area contributed by atoms with Gasteiger partial charge in [0.2, 0.25) is 0 Å². The summed E-state index contributed by atoms with van der Waals surface area (Å²) in [5.41, 5.74) is 1.41. The zero-order valence-corrected chi connectivity index (χ0v) is 16.3. The van der Waals surface area contributed by atoms with E-state index in [-0.39, 0.29) is 26.0 Å². The number of carbonyl (C=O) groups is 1. The fourth-order valence-corrected chi connectivity index (χ4v) is 3.76. The highest BCUT2D eigenvalue weighted by atomic mass is 32.2. The molecule has 0 N–H and O–H groups in total. The Hall–Kier alpha value is -2.22. The van der Waals surface area contributed by atoms with E-state index in [9.17, 15) is 4.79 Å². The molecule has 1 unspecified atom stereocenters. The van der Waals surface area contributed by atoms with Crippen molar-refractivity contribution in [3.05, 3.63) is 53.6 Å². The highest BCUT2D eigenvalue weighted by Crippen LogP contribution is 2.45. The average molecular weight is 390 g/mol. The third-order valence-corrected chi connectivity index (χ3v) is 5.59. The molecule has 0 saturated heterocycles. The fraction of sp³-hybridized carbons (Fsp3) is 0.350. The van der Waals surface area contributed by atoms with Gasteiger partial charge in [0.15, 0.2) is 19.4 Å². The maximum Gasteiger partial charge on any atom is 0.190 e. The molecule has 2 aromatic rings. The van der Waals surface area contributed by atoms with Gasteiger partial charge in [0, 0.05) is 20.3 Å². The Balaban J connectivity index is 1.87. The lowest BCUT2D eigenvalue weighted by atomic mass is 9.88. The number of rotatable bonds is 8. The number of Topliss-reactive ketones (excluding diaryl/α,β-unsaturated/α-hetero) is 1. The molecule has 0 spiro atoms. The van der Waals surface area contributed by atoms with E-state index in [1.807, 2.05) is 30.5 Å². The minimum absolute atomic E-state index is 0.0140. The lowest BCUT2D eigenvalue weighted by molar-refractivity contribution is 0.0506. The summed E-state index contributed by atoms with van der Waals surface area (Å²) < 4.78 is 25.8. The number of thioether (sulfide) groups is 1. The number of carbonyl (C=O) groups excluding carboxylic acids is 1. The second-order valence-electron chi connectivity index (χ2n) is 5.93. The number of hydrogen-bond donors (Lipinski definition) is 0. The van der Waals surface area contributed by atoms with Crippen molar-refractivity contribution in [1.82, 2.24) is 0 Å². The number of hydrogen-bond acceptors (Lipinski definition) is 7. The quantitative estimate of drug-likeness (QED) is 0.640. The van der Waals surface area contributed by atoms with Gasteiger partial charge < -0.3 is 23.7 Å². The predicted molar refractivity (Wildman–Crippen MR) is 103 cm³/mol. The number of fused-ring (bicyclic) bond motifs is 1. The van der Waals surface area contributed by atoms with Crippen LogP contribution in [-0.2, 0) is 14.2 Å². The van der Waals surface area contributed by atoms with Gasteiger partial charge in [-0.1, -0.05) is 12.1 Å². The van der Waals surface area contributed by atoms with Crippen molar-refractivity contribution in [1.29, 1.82) is 0 Å². The first-order valence-corrected chi connectivity index (χ1v) is 9.58. The van der Waals surface area contributed by atoms with Crippen molar-refractivity contribution >= 4 is 17.5 Å². The van der Waals surface area contributed by atoms with Crippen molar-refractivity contribution in [2.45, 2.75) is 4.75 Å². The van der Waals surface area contributed by atoms with Crippen molar-refractivity contribution < 1.29 is 28.5 Å². The summed E-state index contributed by atoms with van der Waals surface area (Å²) in [6, 6.07) is 12.7. The molecule has 2 aromatic carbocycles. The maximum absolute atomic E-state index is 13.3. The van der Waals surface area contributed by atoms with Crippen LogP contribution in [0.3, 0.4) is 0 Å². The van der Waals surface area contributed by atoms with Crippen LogP contribution in [0.1, 0.15) is 15.9 Å². The topological polar surface area (TPSA) is 63.2 Å². The smallest absolute Gasteiger partial charge is 0.190 e. The van der Waals surface area contributed by atoms with Crippen LogP contribution >= 0.6 is 11.8 Å². The number of methoxy groups -OCH3 is 2. The third kappa shape index (κ3) is 3.90. The van der Waals surface area contributed by atoms with E-state index in [1.165, 1.54) is 11.8 Å². The summed E-state index contributed by atoms with van der Waals surface area (Å²) in [5.74, 6) is 1.82. The Labute approximate surface area is 162 Å². The molecule has 0 radical (unpaired) electrons. The van der Waals surface area contributed by atoms with Gasteiger partial charge >= 0.3 is 0 Å². The predicted octanol–water partition coefficient (Wildman–Crippen LogP) is 3.49. The molecule has 27 heavy (non-hydrogen) atoms. The molecule has 3 rings (SSSR count). The number of ketones is 1. The van der Waals surface area contributed by atoms with E-state index in [0.717, 1.165) is 5.56 Å². The molecule has 7 heteroatoms. The van der Waals surface area contributed by atoms with E-state index in [1.54, 1.807) is 32.4 Å². The first-order chi connectivity index (χ1) is 13.1. The van der Waals surface area contributed by atoms with Gasteiger partial charge in [0.1, 0.15) is 28.6 Å². The van der Waals surface area contributed by atoms with Crippen LogP contribution < -0.4 is 14.2 Å². The monoisotopic (exact) mass is 390 g/mol. The highest BCUT2D eigenvalue weighted by molar-refractivity contribution is 8.00. The van der Waals surface area contributed by atoms with Crippen LogP contribution in [0, 0.1) is 0 Å². The van der Waals surface area contributed by atoms with Crippen molar-refractivity contribution in [3.63, 3.8) is 0 Å². The van der Waals surface area contributed by atoms with E-state index in [0.29, 0.717) is 22.8 Å². The van der Waals surface area contributed by atoms with Crippen molar-refractivity contribution in [2.24, 2.45) is 0 Å². The van der Waals surface area contributed by atoms with Crippen LogP contribution in [0.2, 0.25) is 0 Å². The fourth-order valence-electron chi connectivity index (χ4n) is 2.92. The molecule has 0 aliphatic carbocycles. The Kier molecular flexibility index (Phi) is 6.26. The Morgan fingerprint density at radius 2 is 1.63 bits per heavy atom. The lowest BCUT2D eigenvalue weighted by Crippen LogP contribution is -2.42. The molecule has 1 atom stereocenters. The highest BCUT2D eigenvalue weighted by Gasteiger charge is 2.45. The standard InChI is InChI=1S/C20H22O6S/c1-22-12-25-15-6-4-14(5-7-15)20(27-3)11-24-18-10-16(26-13-23-2)8-9-17(18)19(20)21/h4-10H,11-13H2,1-3H3. The number of benzene rings is 2. The molecular weight excluding hydrogens is 368 g/mol. The van der Waals surface area contributed by atoms with Gasteiger partial charge in [-0.2, -0.15) is 0 Å². The van der Waals surface area contributed by atoms with Gasteiger partial charge in [-0.25, -0.2) is 0 Å².